The van der Waals surface area contributed by atoms with Crippen molar-refractivity contribution in [3.63, 3.8) is 0 Å². The summed E-state index contributed by atoms with van der Waals surface area (Å²) in [6, 6.07) is 39.0. The van der Waals surface area contributed by atoms with Gasteiger partial charge < -0.3 is 0 Å². The lowest BCUT2D eigenvalue weighted by molar-refractivity contribution is 0.346. The van der Waals surface area contributed by atoms with Crippen LogP contribution < -0.4 is 0 Å². The van der Waals surface area contributed by atoms with Gasteiger partial charge in [-0.3, -0.25) is 15.4 Å². The summed E-state index contributed by atoms with van der Waals surface area (Å²) in [5, 5.41) is 8.64. The highest BCUT2D eigenvalue weighted by Gasteiger charge is 2.35. The van der Waals surface area contributed by atoms with E-state index < -0.39 is 0 Å². The van der Waals surface area contributed by atoms with Crippen LogP contribution in [0, 0.1) is 5.41 Å². The molecule has 3 aromatic heterocycles. The number of allylic oxidation sites excluding steroid dienone is 3. The molecule has 0 unspecified atom stereocenters. The first-order valence-corrected chi connectivity index (χ1v) is 18.6. The van der Waals surface area contributed by atoms with Crippen LogP contribution in [0.3, 0.4) is 0 Å². The van der Waals surface area contributed by atoms with E-state index >= 15 is 0 Å². The Hall–Kier alpha value is -6.54. The van der Waals surface area contributed by atoms with Crippen LogP contribution in [0.2, 0.25) is 0 Å². The van der Waals surface area contributed by atoms with Crippen molar-refractivity contribution in [2.75, 3.05) is 0 Å². The second kappa shape index (κ2) is 16.0. The van der Waals surface area contributed by atoms with E-state index in [1.807, 2.05) is 85.1 Å². The maximum Gasteiger partial charge on any atom is 0.182 e. The van der Waals surface area contributed by atoms with Crippen LogP contribution in [0.15, 0.2) is 161 Å². The summed E-state index contributed by atoms with van der Waals surface area (Å²) >= 11 is 0. The van der Waals surface area contributed by atoms with Gasteiger partial charge in [0.05, 0.1) is 0 Å². The minimum Gasteiger partial charge on any atom is -0.283 e. The topological polar surface area (TPSA) is 113 Å². The number of pyridine rings is 2. The zero-order valence-electron chi connectivity index (χ0n) is 30.0. The molecule has 1 fully saturated rings. The molecular weight excluding hydrogens is 665 g/mol. The van der Waals surface area contributed by atoms with Gasteiger partial charge in [0.25, 0.3) is 0 Å². The number of nitrogens with one attached hydrogen (secondary N) is 1. The monoisotopic (exact) mass is 704 g/mol. The van der Waals surface area contributed by atoms with Gasteiger partial charge in [-0.2, -0.15) is 0 Å². The zero-order chi connectivity index (χ0) is 36.6. The summed E-state index contributed by atoms with van der Waals surface area (Å²) in [5.74, 6) is 2.43. The summed E-state index contributed by atoms with van der Waals surface area (Å²) in [4.78, 5) is 33.0. The molecule has 54 heavy (non-hydrogen) atoms. The third-order valence-electron chi connectivity index (χ3n) is 10.2. The minimum atomic E-state index is -0.0995. The molecule has 0 amide bonds. The number of aromatic nitrogens is 5. The van der Waals surface area contributed by atoms with Crippen molar-refractivity contribution >= 4 is 17.9 Å². The number of hydrogen-bond donors (Lipinski definition) is 1. The van der Waals surface area contributed by atoms with E-state index in [-0.39, 0.29) is 11.3 Å². The van der Waals surface area contributed by atoms with Crippen molar-refractivity contribution in [2.45, 2.75) is 50.4 Å². The van der Waals surface area contributed by atoms with Crippen molar-refractivity contribution in [3.8, 4) is 34.3 Å². The third kappa shape index (κ3) is 7.64. The van der Waals surface area contributed by atoms with Gasteiger partial charge in [-0.05, 0) is 72.2 Å². The Morgan fingerprint density at radius 1 is 0.648 bits per heavy atom. The van der Waals surface area contributed by atoms with E-state index in [0.29, 0.717) is 34.7 Å². The molecular formula is C46H40N8. The molecule has 6 aromatic rings. The standard InChI is InChI=1S/C46H40N8/c47-41(34-14-4-1-5-15-34)51-44(39-18-8-12-30-48-39)50-32-33-20-24-37(25-21-33)46(28-10-3-11-29-46)38-26-22-36(23-27-38)43-52-42(35-16-6-2-7-17-35)53-45(54-43)40-19-9-13-31-49-40/h1-2,4,6-9,12-14,16-27,30-32,47H,3,5,10-11,15,28-29H2/b47-41?,50-32+,51-44-. The molecule has 0 spiro atoms. The molecule has 0 atom stereocenters. The number of hydrogen-bond acceptors (Lipinski definition) is 6. The summed E-state index contributed by atoms with van der Waals surface area (Å²) < 4.78 is 0. The second-order valence-electron chi connectivity index (χ2n) is 13.6. The van der Waals surface area contributed by atoms with Gasteiger partial charge in [-0.25, -0.2) is 24.9 Å². The molecule has 2 aliphatic carbocycles. The van der Waals surface area contributed by atoms with Gasteiger partial charge >= 0.3 is 0 Å². The quantitative estimate of drug-likeness (QED) is 0.125. The van der Waals surface area contributed by atoms with Gasteiger partial charge in [0.1, 0.15) is 17.2 Å². The molecule has 3 heterocycles. The molecule has 0 saturated heterocycles. The van der Waals surface area contributed by atoms with E-state index in [2.05, 4.69) is 69.6 Å². The molecule has 8 nitrogen and oxygen atoms in total. The first-order valence-electron chi connectivity index (χ1n) is 18.6. The highest BCUT2D eigenvalue weighted by Crippen LogP contribution is 2.45. The van der Waals surface area contributed by atoms with Gasteiger partial charge in [0, 0.05) is 35.2 Å². The van der Waals surface area contributed by atoms with Crippen LogP contribution in [0.5, 0.6) is 0 Å². The Morgan fingerprint density at radius 3 is 1.94 bits per heavy atom. The average Bonchev–Trinajstić information content (AvgIpc) is 3.26. The van der Waals surface area contributed by atoms with Crippen LogP contribution in [0.4, 0.5) is 0 Å². The Bertz CT molecular complexity index is 2280. The van der Waals surface area contributed by atoms with E-state index in [1.165, 1.54) is 30.4 Å². The summed E-state index contributed by atoms with van der Waals surface area (Å²) in [5.41, 5.74) is 7.56. The largest absolute Gasteiger partial charge is 0.283 e. The Balaban J connectivity index is 1.09. The van der Waals surface area contributed by atoms with Gasteiger partial charge in [0.2, 0.25) is 0 Å². The predicted molar refractivity (Wildman–Crippen MR) is 217 cm³/mol. The fourth-order valence-corrected chi connectivity index (χ4v) is 7.32. The van der Waals surface area contributed by atoms with Crippen LogP contribution >= 0.6 is 0 Å². The molecule has 2 aliphatic rings. The lowest BCUT2D eigenvalue weighted by Crippen LogP contribution is -2.30. The van der Waals surface area contributed by atoms with Crippen LogP contribution in [-0.2, 0) is 5.41 Å². The minimum absolute atomic E-state index is 0.0995. The van der Waals surface area contributed by atoms with Crippen molar-refractivity contribution in [1.29, 1.82) is 5.41 Å². The number of nitrogens with zero attached hydrogens (tertiary/aromatic N) is 7. The fourth-order valence-electron chi connectivity index (χ4n) is 7.32. The van der Waals surface area contributed by atoms with Crippen molar-refractivity contribution in [2.24, 2.45) is 9.98 Å². The zero-order valence-corrected chi connectivity index (χ0v) is 30.0. The van der Waals surface area contributed by atoms with Crippen LogP contribution in [0.25, 0.3) is 34.3 Å². The molecule has 1 N–H and O–H groups in total. The molecule has 0 bridgehead atoms. The summed E-state index contributed by atoms with van der Waals surface area (Å²) in [6.45, 7) is 0. The van der Waals surface area contributed by atoms with Gasteiger partial charge in [-0.1, -0.05) is 128 Å². The number of benzene rings is 3. The van der Waals surface area contributed by atoms with Crippen molar-refractivity contribution in [3.05, 3.63) is 174 Å². The number of rotatable bonds is 8. The molecule has 0 radical (unpaired) electrons. The van der Waals surface area contributed by atoms with E-state index in [1.54, 1.807) is 12.4 Å². The highest BCUT2D eigenvalue weighted by atomic mass is 15.0. The molecule has 3 aromatic carbocycles. The Kier molecular flexibility index (Phi) is 10.2. The maximum atomic E-state index is 8.64. The van der Waals surface area contributed by atoms with E-state index in [0.717, 1.165) is 47.9 Å². The molecule has 1 saturated carbocycles. The average molecular weight is 705 g/mol. The lowest BCUT2D eigenvalue weighted by Gasteiger charge is -2.39. The van der Waals surface area contributed by atoms with Gasteiger partial charge in [0.15, 0.2) is 23.3 Å². The normalized spacial score (nSPS) is 15.6. The fraction of sp³-hybridized carbons (Fsp3) is 0.174. The first-order chi connectivity index (χ1) is 26.6. The predicted octanol–water partition coefficient (Wildman–Crippen LogP) is 10.0. The smallest absolute Gasteiger partial charge is 0.182 e. The van der Waals surface area contributed by atoms with Crippen LogP contribution in [0.1, 0.15) is 67.3 Å². The van der Waals surface area contributed by atoms with Crippen molar-refractivity contribution < 1.29 is 0 Å². The number of amidine groups is 2. The van der Waals surface area contributed by atoms with Crippen LogP contribution in [-0.4, -0.2) is 42.8 Å². The molecule has 264 valence electrons. The van der Waals surface area contributed by atoms with E-state index in [4.69, 9.17) is 25.4 Å². The molecule has 0 aliphatic heterocycles. The highest BCUT2D eigenvalue weighted by molar-refractivity contribution is 6.12. The van der Waals surface area contributed by atoms with E-state index in [9.17, 15) is 0 Å². The summed E-state index contributed by atoms with van der Waals surface area (Å²) in [7, 11) is 0. The maximum absolute atomic E-state index is 8.64. The SMILES string of the molecule is N=C(/N=C(\N=C\c1ccc(C2(c3ccc(-c4nc(-c5ccccc5)nc(-c5ccccn5)n4)cc3)CCCCC2)cc1)c1ccccn1)C1=CC=CCC1. The summed E-state index contributed by atoms with van der Waals surface area (Å²) in [6.07, 6.45) is 18.8. The first kappa shape index (κ1) is 34.5. The molecule has 8 heteroatoms. The Labute approximate surface area is 315 Å². The van der Waals surface area contributed by atoms with Crippen molar-refractivity contribution in [1.82, 2.24) is 24.9 Å². The molecule has 8 rings (SSSR count). The third-order valence-corrected chi connectivity index (χ3v) is 10.2. The lowest BCUT2D eigenvalue weighted by atomic mass is 9.65. The van der Waals surface area contributed by atoms with Gasteiger partial charge in [-0.15, -0.1) is 0 Å². The Morgan fingerprint density at radius 2 is 1.30 bits per heavy atom. The second-order valence-corrected chi connectivity index (χ2v) is 13.6. The number of aliphatic imine (C=N–C) groups is 2.